The molecule has 4 atom stereocenters. The molecule has 0 aliphatic carbocycles. The third-order valence-corrected chi connectivity index (χ3v) is 6.25. The average Bonchev–Trinajstić information content (AvgIpc) is 3.33. The molecule has 5 N–H and O–H groups in total. The van der Waals surface area contributed by atoms with Crippen LogP contribution >= 0.6 is 0 Å². The van der Waals surface area contributed by atoms with Crippen molar-refractivity contribution in [2.24, 2.45) is 10.7 Å². The lowest BCUT2D eigenvalue weighted by Crippen LogP contribution is -2.31. The molecule has 33 heavy (non-hydrogen) atoms. The number of ether oxygens (including phenoxy) is 1. The Bertz CT molecular complexity index is 1130. The largest absolute Gasteiger partial charge is 0.388 e. The molecule has 2 aromatic carbocycles. The van der Waals surface area contributed by atoms with Gasteiger partial charge in [0.1, 0.15) is 24.4 Å². The first-order valence-electron chi connectivity index (χ1n) is 11.2. The molecule has 2 aliphatic rings. The Morgan fingerprint density at radius 2 is 1.85 bits per heavy atom. The van der Waals surface area contributed by atoms with Gasteiger partial charge in [-0.3, -0.25) is 10.4 Å². The summed E-state index contributed by atoms with van der Waals surface area (Å²) in [6.45, 7) is 2.96. The van der Waals surface area contributed by atoms with E-state index in [1.807, 2.05) is 46.1 Å². The minimum Gasteiger partial charge on any atom is -0.388 e. The van der Waals surface area contributed by atoms with Crippen molar-refractivity contribution in [3.05, 3.63) is 71.9 Å². The van der Waals surface area contributed by atoms with Crippen LogP contribution in [0, 0.1) is 0 Å². The molecule has 0 saturated carbocycles. The van der Waals surface area contributed by atoms with Crippen LogP contribution in [0.2, 0.25) is 0 Å². The standard InChI is InChI=1S/C25H29N5O3/c1-16-22(31)23(32)25(33-16)30-14-20(18-5-3-2-4-6-18)21-13-29(15-27-24(21)30)28-19-9-7-17(8-10-19)11-12-26/h2-10,14-16,22-23,25,28,31-32H,11-13,26H2,1H3/t16-,22-,23-,25-/m1/s1. The van der Waals surface area contributed by atoms with Gasteiger partial charge in [-0.1, -0.05) is 42.5 Å². The van der Waals surface area contributed by atoms with Gasteiger partial charge < -0.3 is 25.3 Å². The van der Waals surface area contributed by atoms with Gasteiger partial charge in [-0.15, -0.1) is 0 Å². The smallest absolute Gasteiger partial charge is 0.164 e. The fraction of sp³-hybridized carbons (Fsp3) is 0.320. The van der Waals surface area contributed by atoms with Gasteiger partial charge in [0.05, 0.1) is 18.3 Å². The van der Waals surface area contributed by atoms with Crippen molar-refractivity contribution in [3.63, 3.8) is 0 Å². The summed E-state index contributed by atoms with van der Waals surface area (Å²) in [6.07, 6.45) is 1.42. The summed E-state index contributed by atoms with van der Waals surface area (Å²) >= 11 is 0. The van der Waals surface area contributed by atoms with E-state index in [9.17, 15) is 10.2 Å². The number of rotatable bonds is 6. The molecule has 2 aliphatic heterocycles. The average molecular weight is 448 g/mol. The maximum atomic E-state index is 10.6. The van der Waals surface area contributed by atoms with E-state index in [0.29, 0.717) is 13.1 Å². The molecule has 172 valence electrons. The van der Waals surface area contributed by atoms with Gasteiger partial charge in [0.25, 0.3) is 0 Å². The van der Waals surface area contributed by atoms with Crippen LogP contribution in [0.25, 0.3) is 11.1 Å². The summed E-state index contributed by atoms with van der Waals surface area (Å²) in [4.78, 5) is 4.70. The Balaban J connectivity index is 1.46. The van der Waals surface area contributed by atoms with Gasteiger partial charge in [-0.05, 0) is 43.1 Å². The predicted octanol–water partition coefficient (Wildman–Crippen LogP) is 2.80. The van der Waals surface area contributed by atoms with E-state index in [0.717, 1.165) is 34.6 Å². The number of aliphatic hydroxyl groups is 2. The first-order valence-corrected chi connectivity index (χ1v) is 11.2. The SMILES string of the molecule is C[C@H]1O[C@@H](n2cc(-c3ccccc3)c3c2N=CN(Nc2ccc(CCN)cc2)C3)[C@H](O)[C@@H]1O. The molecule has 0 spiro atoms. The van der Waals surface area contributed by atoms with Crippen LogP contribution in [0.3, 0.4) is 0 Å². The molecule has 3 aromatic rings. The summed E-state index contributed by atoms with van der Waals surface area (Å²) in [6, 6.07) is 18.3. The normalized spacial score (nSPS) is 24.2. The molecule has 0 unspecified atom stereocenters. The zero-order chi connectivity index (χ0) is 22.9. The Morgan fingerprint density at radius 1 is 1.09 bits per heavy atom. The number of aliphatic hydroxyl groups excluding tert-OH is 2. The van der Waals surface area contributed by atoms with Gasteiger partial charge in [-0.25, -0.2) is 4.99 Å². The second-order valence-corrected chi connectivity index (χ2v) is 8.55. The Hall–Kier alpha value is -3.17. The zero-order valence-electron chi connectivity index (χ0n) is 18.5. The highest BCUT2D eigenvalue weighted by molar-refractivity contribution is 5.77. The first kappa shape index (κ1) is 21.7. The van der Waals surface area contributed by atoms with Crippen LogP contribution in [0.1, 0.15) is 24.3 Å². The molecule has 3 heterocycles. The van der Waals surface area contributed by atoms with E-state index in [-0.39, 0.29) is 0 Å². The number of hydrogen-bond donors (Lipinski definition) is 4. The lowest BCUT2D eigenvalue weighted by Gasteiger charge is -2.26. The van der Waals surface area contributed by atoms with E-state index in [1.165, 1.54) is 5.56 Å². The molecular weight excluding hydrogens is 418 g/mol. The van der Waals surface area contributed by atoms with Gasteiger partial charge >= 0.3 is 0 Å². The number of hydrazine groups is 1. The molecule has 8 heteroatoms. The molecule has 5 rings (SSSR count). The highest BCUT2D eigenvalue weighted by atomic mass is 16.6. The second kappa shape index (κ2) is 8.99. The molecule has 8 nitrogen and oxygen atoms in total. The van der Waals surface area contributed by atoms with Gasteiger partial charge in [-0.2, -0.15) is 0 Å². The van der Waals surface area contributed by atoms with E-state index in [2.05, 4.69) is 29.7 Å². The third-order valence-electron chi connectivity index (χ3n) is 6.25. The lowest BCUT2D eigenvalue weighted by atomic mass is 10.0. The Labute approximate surface area is 192 Å². The van der Waals surface area contributed by atoms with E-state index in [1.54, 1.807) is 13.3 Å². The number of nitrogens with two attached hydrogens (primary N) is 1. The fourth-order valence-electron chi connectivity index (χ4n) is 4.46. The van der Waals surface area contributed by atoms with Crippen LogP contribution in [0.15, 0.2) is 65.8 Å². The Kier molecular flexibility index (Phi) is 5.90. The summed E-state index contributed by atoms with van der Waals surface area (Å²) in [5.41, 5.74) is 14.3. The quantitative estimate of drug-likeness (QED) is 0.463. The van der Waals surface area contributed by atoms with Crippen molar-refractivity contribution >= 4 is 17.8 Å². The van der Waals surface area contributed by atoms with Gasteiger partial charge in [0.15, 0.2) is 6.23 Å². The second-order valence-electron chi connectivity index (χ2n) is 8.55. The number of anilines is 1. The van der Waals surface area contributed by atoms with Crippen LogP contribution < -0.4 is 11.2 Å². The van der Waals surface area contributed by atoms with Crippen molar-refractivity contribution in [2.45, 2.75) is 44.4 Å². The number of aromatic nitrogens is 1. The fourth-order valence-corrected chi connectivity index (χ4v) is 4.46. The molecule has 0 radical (unpaired) electrons. The van der Waals surface area contributed by atoms with Crippen molar-refractivity contribution < 1.29 is 14.9 Å². The van der Waals surface area contributed by atoms with Crippen molar-refractivity contribution in [2.75, 3.05) is 12.0 Å². The molecule has 1 fully saturated rings. The van der Waals surface area contributed by atoms with E-state index >= 15 is 0 Å². The number of aliphatic imine (C=N–C) groups is 1. The van der Waals surface area contributed by atoms with Crippen LogP contribution in [0.4, 0.5) is 11.5 Å². The Morgan fingerprint density at radius 3 is 2.52 bits per heavy atom. The van der Waals surface area contributed by atoms with Crippen LogP contribution in [0.5, 0.6) is 0 Å². The summed E-state index contributed by atoms with van der Waals surface area (Å²) in [5, 5.41) is 22.8. The molecule has 0 bridgehead atoms. The van der Waals surface area contributed by atoms with E-state index in [4.69, 9.17) is 15.5 Å². The number of nitrogens with zero attached hydrogens (tertiary/aromatic N) is 3. The third kappa shape index (κ3) is 4.14. The van der Waals surface area contributed by atoms with Crippen molar-refractivity contribution in [1.82, 2.24) is 9.58 Å². The number of nitrogens with one attached hydrogen (secondary N) is 1. The summed E-state index contributed by atoms with van der Waals surface area (Å²) in [5.74, 6) is 0.718. The lowest BCUT2D eigenvalue weighted by molar-refractivity contribution is -0.0308. The number of fused-ring (bicyclic) bond motifs is 1. The molecule has 1 aromatic heterocycles. The first-order chi connectivity index (χ1) is 16.0. The van der Waals surface area contributed by atoms with Gasteiger partial charge in [0, 0.05) is 17.3 Å². The highest BCUT2D eigenvalue weighted by Gasteiger charge is 2.42. The number of benzene rings is 2. The molecule has 1 saturated heterocycles. The van der Waals surface area contributed by atoms with E-state index < -0.39 is 24.5 Å². The van der Waals surface area contributed by atoms with Crippen molar-refractivity contribution in [3.8, 4) is 11.1 Å². The predicted molar refractivity (Wildman–Crippen MR) is 128 cm³/mol. The maximum absolute atomic E-state index is 10.6. The highest BCUT2D eigenvalue weighted by Crippen LogP contribution is 2.41. The molecule has 0 amide bonds. The summed E-state index contributed by atoms with van der Waals surface area (Å²) in [7, 11) is 0. The monoisotopic (exact) mass is 447 g/mol. The van der Waals surface area contributed by atoms with Crippen molar-refractivity contribution in [1.29, 1.82) is 0 Å². The minimum atomic E-state index is -1.03. The summed E-state index contributed by atoms with van der Waals surface area (Å²) < 4.78 is 7.73. The topological polar surface area (TPSA) is 108 Å². The minimum absolute atomic E-state index is 0.462. The zero-order valence-corrected chi connectivity index (χ0v) is 18.5. The maximum Gasteiger partial charge on any atom is 0.164 e. The van der Waals surface area contributed by atoms with Crippen LogP contribution in [-0.4, -0.2) is 51.0 Å². The number of hydrogen-bond acceptors (Lipinski definition) is 7. The van der Waals surface area contributed by atoms with Gasteiger partial charge in [0.2, 0.25) is 0 Å². The molecular formula is C25H29N5O3. The van der Waals surface area contributed by atoms with Crippen LogP contribution in [-0.2, 0) is 17.7 Å².